The molecule has 0 spiro atoms. The first kappa shape index (κ1) is 14.4. The number of para-hydroxylation sites is 1. The van der Waals surface area contributed by atoms with E-state index in [1.807, 2.05) is 23.1 Å². The van der Waals surface area contributed by atoms with Crippen molar-refractivity contribution in [3.8, 4) is 0 Å². The Balaban J connectivity index is 1.70. The predicted molar refractivity (Wildman–Crippen MR) is 85.8 cm³/mol. The molecule has 2 aliphatic heterocycles. The van der Waals surface area contributed by atoms with Gasteiger partial charge in [-0.15, -0.1) is 0 Å². The largest absolute Gasteiger partial charge is 0.332 e. The smallest absolute Gasteiger partial charge is 0.281 e. The molecule has 0 radical (unpaired) electrons. The van der Waals surface area contributed by atoms with Crippen LogP contribution in [-0.2, 0) is 11.2 Å². The molecule has 1 saturated heterocycles. The number of hydrogen-bond donors (Lipinski definition) is 0. The molecule has 4 nitrogen and oxygen atoms in total. The van der Waals surface area contributed by atoms with E-state index in [1.165, 1.54) is 17.3 Å². The fraction of sp³-hybridized carbons (Fsp3) is 0.500. The molecular formula is C16H20N2O2S. The van der Waals surface area contributed by atoms with Crippen LogP contribution < -0.4 is 4.90 Å². The second-order valence-corrected chi connectivity index (χ2v) is 6.68. The summed E-state index contributed by atoms with van der Waals surface area (Å²) in [6, 6.07) is 8.37. The second-order valence-electron chi connectivity index (χ2n) is 5.63. The average molecular weight is 304 g/mol. The van der Waals surface area contributed by atoms with Crippen LogP contribution in [0.25, 0.3) is 0 Å². The average Bonchev–Trinajstić information content (AvgIpc) is 2.90. The van der Waals surface area contributed by atoms with Gasteiger partial charge in [-0.1, -0.05) is 30.0 Å². The highest BCUT2D eigenvalue weighted by atomic mass is 32.2. The molecule has 112 valence electrons. The molecule has 0 N–H and O–H groups in total. The fourth-order valence-corrected chi connectivity index (χ4v) is 3.90. The molecule has 21 heavy (non-hydrogen) atoms. The quantitative estimate of drug-likeness (QED) is 0.862. The zero-order valence-electron chi connectivity index (χ0n) is 12.2. The molecule has 1 atom stereocenters. The minimum absolute atomic E-state index is 0.106. The Hall–Kier alpha value is -1.49. The predicted octanol–water partition coefficient (Wildman–Crippen LogP) is 2.91. The van der Waals surface area contributed by atoms with Crippen LogP contribution in [0, 0.1) is 0 Å². The molecule has 3 rings (SSSR count). The van der Waals surface area contributed by atoms with Crippen molar-refractivity contribution in [3.05, 3.63) is 29.8 Å². The van der Waals surface area contributed by atoms with Crippen LogP contribution in [0.5, 0.6) is 0 Å². The van der Waals surface area contributed by atoms with Gasteiger partial charge in [-0.3, -0.25) is 9.59 Å². The van der Waals surface area contributed by atoms with E-state index in [9.17, 15) is 9.59 Å². The summed E-state index contributed by atoms with van der Waals surface area (Å²) in [7, 11) is 0. The lowest BCUT2D eigenvalue weighted by atomic mass is 9.96. The van der Waals surface area contributed by atoms with Crippen molar-refractivity contribution in [1.82, 2.24) is 4.90 Å². The van der Waals surface area contributed by atoms with Crippen molar-refractivity contribution in [2.24, 2.45) is 0 Å². The molecule has 0 saturated carbocycles. The third kappa shape index (κ3) is 2.93. The van der Waals surface area contributed by atoms with Gasteiger partial charge in [-0.2, -0.15) is 0 Å². The molecule has 0 bridgehead atoms. The molecule has 0 aromatic heterocycles. The van der Waals surface area contributed by atoms with E-state index in [0.717, 1.165) is 30.8 Å². The van der Waals surface area contributed by atoms with Crippen molar-refractivity contribution in [1.29, 1.82) is 0 Å². The Morgan fingerprint density at radius 3 is 2.95 bits per heavy atom. The molecule has 1 aromatic rings. The Morgan fingerprint density at radius 2 is 2.19 bits per heavy atom. The van der Waals surface area contributed by atoms with Crippen molar-refractivity contribution in [3.63, 3.8) is 0 Å². The van der Waals surface area contributed by atoms with E-state index in [2.05, 4.69) is 13.0 Å². The van der Waals surface area contributed by atoms with Crippen molar-refractivity contribution >= 4 is 28.6 Å². The van der Waals surface area contributed by atoms with Crippen molar-refractivity contribution in [2.75, 3.05) is 23.7 Å². The van der Waals surface area contributed by atoms with Gasteiger partial charge in [-0.05, 0) is 31.4 Å². The first-order valence-electron chi connectivity index (χ1n) is 7.48. The topological polar surface area (TPSA) is 40.6 Å². The van der Waals surface area contributed by atoms with Gasteiger partial charge in [0.1, 0.15) is 0 Å². The zero-order chi connectivity index (χ0) is 14.8. The SMILES string of the molecule is C[C@@H]1CCc2ccccc2N1C(=O)CCN1CCSC1=O. The van der Waals surface area contributed by atoms with Gasteiger partial charge in [0.2, 0.25) is 5.91 Å². The van der Waals surface area contributed by atoms with E-state index in [-0.39, 0.29) is 17.2 Å². The molecule has 2 aliphatic rings. The number of hydrogen-bond acceptors (Lipinski definition) is 3. The molecule has 5 heteroatoms. The van der Waals surface area contributed by atoms with Crippen LogP contribution in [-0.4, -0.2) is 40.9 Å². The first-order chi connectivity index (χ1) is 10.2. The Kier molecular flexibility index (Phi) is 4.19. The molecule has 2 amide bonds. The monoisotopic (exact) mass is 304 g/mol. The maximum Gasteiger partial charge on any atom is 0.281 e. The Morgan fingerprint density at radius 1 is 1.38 bits per heavy atom. The zero-order valence-corrected chi connectivity index (χ0v) is 13.1. The van der Waals surface area contributed by atoms with Gasteiger partial charge in [0.25, 0.3) is 5.24 Å². The molecule has 0 aliphatic carbocycles. The summed E-state index contributed by atoms with van der Waals surface area (Å²) in [6.45, 7) is 3.41. The number of rotatable bonds is 3. The summed E-state index contributed by atoms with van der Waals surface area (Å²) in [4.78, 5) is 27.9. The standard InChI is InChI=1S/C16H20N2O2S/c1-12-6-7-13-4-2-3-5-14(13)18(12)15(19)8-9-17-10-11-21-16(17)20/h2-5,12H,6-11H2,1H3/t12-/m1/s1. The van der Waals surface area contributed by atoms with Crippen molar-refractivity contribution < 1.29 is 9.59 Å². The lowest BCUT2D eigenvalue weighted by Crippen LogP contribution is -2.43. The minimum Gasteiger partial charge on any atom is -0.332 e. The van der Waals surface area contributed by atoms with Gasteiger partial charge in [-0.25, -0.2) is 0 Å². The van der Waals surface area contributed by atoms with Gasteiger partial charge < -0.3 is 9.80 Å². The number of carbonyl (C=O) groups is 2. The maximum absolute atomic E-state index is 12.6. The summed E-state index contributed by atoms with van der Waals surface area (Å²) in [5, 5.41) is 0.106. The molecule has 2 heterocycles. The number of carbonyl (C=O) groups excluding carboxylic acids is 2. The highest BCUT2D eigenvalue weighted by Crippen LogP contribution is 2.31. The summed E-state index contributed by atoms with van der Waals surface area (Å²) >= 11 is 1.34. The van der Waals surface area contributed by atoms with Crippen LogP contribution >= 0.6 is 11.8 Å². The number of anilines is 1. The van der Waals surface area contributed by atoms with E-state index in [1.54, 1.807) is 4.90 Å². The van der Waals surface area contributed by atoms with Crippen LogP contribution in [0.1, 0.15) is 25.3 Å². The van der Waals surface area contributed by atoms with Gasteiger partial charge in [0, 0.05) is 37.0 Å². The van der Waals surface area contributed by atoms with Gasteiger partial charge in [0.05, 0.1) is 0 Å². The lowest BCUT2D eigenvalue weighted by Gasteiger charge is -2.35. The van der Waals surface area contributed by atoms with Crippen LogP contribution in [0.15, 0.2) is 24.3 Å². The third-order valence-electron chi connectivity index (χ3n) is 4.23. The highest BCUT2D eigenvalue weighted by molar-refractivity contribution is 8.13. The van der Waals surface area contributed by atoms with Crippen molar-refractivity contribution in [2.45, 2.75) is 32.2 Å². The Bertz CT molecular complexity index is 561. The minimum atomic E-state index is 0.106. The number of thioether (sulfide) groups is 1. The summed E-state index contributed by atoms with van der Waals surface area (Å²) in [5.74, 6) is 0.968. The van der Waals surface area contributed by atoms with E-state index in [0.29, 0.717) is 13.0 Å². The Labute approximate surface area is 129 Å². The lowest BCUT2D eigenvalue weighted by molar-refractivity contribution is -0.119. The van der Waals surface area contributed by atoms with E-state index < -0.39 is 0 Å². The van der Waals surface area contributed by atoms with Gasteiger partial charge >= 0.3 is 0 Å². The van der Waals surface area contributed by atoms with Crippen LogP contribution in [0.3, 0.4) is 0 Å². The summed E-state index contributed by atoms with van der Waals surface area (Å²) in [5.41, 5.74) is 2.29. The van der Waals surface area contributed by atoms with E-state index in [4.69, 9.17) is 0 Å². The molecule has 1 aromatic carbocycles. The highest BCUT2D eigenvalue weighted by Gasteiger charge is 2.29. The normalized spacial score (nSPS) is 21.6. The van der Waals surface area contributed by atoms with Gasteiger partial charge in [0.15, 0.2) is 0 Å². The number of benzene rings is 1. The van der Waals surface area contributed by atoms with Crippen LogP contribution in [0.2, 0.25) is 0 Å². The molecule has 1 fully saturated rings. The third-order valence-corrected chi connectivity index (χ3v) is 5.12. The fourth-order valence-electron chi connectivity index (χ4n) is 3.05. The number of amides is 2. The molecular weight excluding hydrogens is 284 g/mol. The summed E-state index contributed by atoms with van der Waals surface area (Å²) in [6.07, 6.45) is 2.44. The number of nitrogens with zero attached hydrogens (tertiary/aromatic N) is 2. The van der Waals surface area contributed by atoms with E-state index >= 15 is 0 Å². The first-order valence-corrected chi connectivity index (χ1v) is 8.47. The van der Waals surface area contributed by atoms with Crippen LogP contribution in [0.4, 0.5) is 10.5 Å². The number of aryl methyl sites for hydroxylation is 1. The maximum atomic E-state index is 12.6. The molecule has 0 unspecified atom stereocenters. The summed E-state index contributed by atoms with van der Waals surface area (Å²) < 4.78 is 0. The number of fused-ring (bicyclic) bond motifs is 1. The second kappa shape index (κ2) is 6.10.